The molecule has 1 atom stereocenters. The normalized spacial score (nSPS) is 19.9. The van der Waals surface area contributed by atoms with E-state index < -0.39 is 17.2 Å². The van der Waals surface area contributed by atoms with Gasteiger partial charge in [-0.05, 0) is 43.9 Å². The zero-order valence-electron chi connectivity index (χ0n) is 18.0. The monoisotopic (exact) mass is 436 g/mol. The maximum atomic E-state index is 13.4. The summed E-state index contributed by atoms with van der Waals surface area (Å²) in [5.74, 6) is -0.966. The molecule has 0 amide bonds. The minimum Gasteiger partial charge on any atom is -0.492 e. The van der Waals surface area contributed by atoms with Gasteiger partial charge in [0.05, 0.1) is 13.2 Å². The molecular formula is C23H30F2N2O4. The molecule has 170 valence electrons. The van der Waals surface area contributed by atoms with E-state index in [1.54, 1.807) is 0 Å². The van der Waals surface area contributed by atoms with Crippen LogP contribution in [0, 0.1) is 11.6 Å². The van der Waals surface area contributed by atoms with Crippen LogP contribution in [-0.4, -0.2) is 80.7 Å². The third-order valence-electron chi connectivity index (χ3n) is 4.95. The van der Waals surface area contributed by atoms with Gasteiger partial charge in [0, 0.05) is 32.2 Å². The molecule has 6 nitrogen and oxygen atoms in total. The van der Waals surface area contributed by atoms with Crippen LogP contribution in [0.4, 0.5) is 8.78 Å². The Morgan fingerprint density at radius 3 is 2.68 bits per heavy atom. The Labute approximate surface area is 181 Å². The molecule has 2 aromatic rings. The number of rotatable bonds is 9. The molecule has 2 aromatic carbocycles. The summed E-state index contributed by atoms with van der Waals surface area (Å²) in [6.45, 7) is 3.51. The molecule has 1 N–H and O–H groups in total. The lowest BCUT2D eigenvalue weighted by atomic mass is 10.1. The van der Waals surface area contributed by atoms with Gasteiger partial charge in [-0.25, -0.2) is 8.78 Å². The van der Waals surface area contributed by atoms with Crippen LogP contribution in [-0.2, 0) is 11.3 Å². The maximum absolute atomic E-state index is 13.4. The lowest BCUT2D eigenvalue weighted by Gasteiger charge is -2.30. The van der Waals surface area contributed by atoms with Crippen LogP contribution in [0.15, 0.2) is 42.5 Å². The first-order chi connectivity index (χ1) is 14.8. The van der Waals surface area contributed by atoms with Gasteiger partial charge in [0.25, 0.3) is 0 Å². The number of ether oxygens (including phenoxy) is 3. The van der Waals surface area contributed by atoms with Gasteiger partial charge in [0.15, 0.2) is 11.6 Å². The third kappa shape index (κ3) is 7.43. The summed E-state index contributed by atoms with van der Waals surface area (Å²) in [6, 6.07) is 11.2. The molecule has 3 rings (SSSR count). The molecule has 1 saturated heterocycles. The topological polar surface area (TPSA) is 54.4 Å². The predicted molar refractivity (Wildman–Crippen MR) is 113 cm³/mol. The summed E-state index contributed by atoms with van der Waals surface area (Å²) in [5, 5.41) is 11.0. The summed E-state index contributed by atoms with van der Waals surface area (Å²) in [7, 11) is 4.00. The van der Waals surface area contributed by atoms with E-state index >= 15 is 0 Å². The molecule has 1 heterocycles. The highest BCUT2D eigenvalue weighted by molar-refractivity contribution is 5.28. The maximum Gasteiger partial charge on any atom is 0.162 e. The van der Waals surface area contributed by atoms with E-state index in [4.69, 9.17) is 14.2 Å². The van der Waals surface area contributed by atoms with Gasteiger partial charge in [-0.2, -0.15) is 0 Å². The van der Waals surface area contributed by atoms with Gasteiger partial charge in [-0.1, -0.05) is 12.1 Å². The van der Waals surface area contributed by atoms with E-state index in [0.29, 0.717) is 32.8 Å². The highest BCUT2D eigenvalue weighted by atomic mass is 19.2. The van der Waals surface area contributed by atoms with Crippen molar-refractivity contribution in [2.75, 3.05) is 60.2 Å². The van der Waals surface area contributed by atoms with Crippen molar-refractivity contribution in [1.82, 2.24) is 9.80 Å². The smallest absolute Gasteiger partial charge is 0.162 e. The van der Waals surface area contributed by atoms with Crippen molar-refractivity contribution in [1.29, 1.82) is 0 Å². The second-order valence-corrected chi connectivity index (χ2v) is 8.15. The molecule has 1 fully saturated rings. The summed E-state index contributed by atoms with van der Waals surface area (Å²) in [5.41, 5.74) is -0.214. The van der Waals surface area contributed by atoms with E-state index in [9.17, 15) is 13.9 Å². The van der Waals surface area contributed by atoms with Crippen LogP contribution in [0.25, 0.3) is 0 Å². The Morgan fingerprint density at radius 1 is 1.10 bits per heavy atom. The van der Waals surface area contributed by atoms with Gasteiger partial charge >= 0.3 is 0 Å². The molecule has 0 aromatic heterocycles. The second-order valence-electron chi connectivity index (χ2n) is 8.15. The summed E-state index contributed by atoms with van der Waals surface area (Å²) in [4.78, 5) is 4.14. The van der Waals surface area contributed by atoms with Gasteiger partial charge in [-0.15, -0.1) is 0 Å². The highest BCUT2D eigenvalue weighted by Gasteiger charge is 2.33. The molecule has 31 heavy (non-hydrogen) atoms. The molecule has 0 spiro atoms. The van der Waals surface area contributed by atoms with Gasteiger partial charge in [-0.3, -0.25) is 4.90 Å². The fourth-order valence-corrected chi connectivity index (χ4v) is 3.34. The van der Waals surface area contributed by atoms with Crippen LogP contribution < -0.4 is 9.47 Å². The number of aliphatic hydroxyl groups is 1. The van der Waals surface area contributed by atoms with Crippen LogP contribution in [0.3, 0.4) is 0 Å². The van der Waals surface area contributed by atoms with Gasteiger partial charge in [0.1, 0.15) is 30.3 Å². The fraction of sp³-hybridized carbons (Fsp3) is 0.478. The van der Waals surface area contributed by atoms with Crippen molar-refractivity contribution >= 4 is 0 Å². The molecule has 1 aliphatic rings. The Balaban J connectivity index is 1.58. The standard InChI is InChI=1S/C23H30F2N2O4/c1-26(2)8-11-30-19-5-3-4-18(12-19)14-27-9-10-29-16-23(28,15-27)17-31-20-6-7-21(24)22(25)13-20/h3-7,12-13,28H,8-11,14-17H2,1-2H3/t23-/m1/s1. The fourth-order valence-electron chi connectivity index (χ4n) is 3.34. The number of benzene rings is 2. The third-order valence-corrected chi connectivity index (χ3v) is 4.95. The SMILES string of the molecule is CN(C)CCOc1cccc(CN2CCOC[C@@](O)(COc3ccc(F)c(F)c3)C2)c1. The predicted octanol–water partition coefficient (Wildman–Crippen LogP) is 2.55. The van der Waals surface area contributed by atoms with Crippen molar-refractivity contribution in [3.8, 4) is 11.5 Å². The molecule has 0 saturated carbocycles. The Bertz CT molecular complexity index is 852. The number of halogens is 2. The minimum atomic E-state index is -1.28. The lowest BCUT2D eigenvalue weighted by Crippen LogP contribution is -2.48. The average Bonchev–Trinajstić information content (AvgIpc) is 2.90. The number of likely N-dealkylation sites (N-methyl/N-ethyl adjacent to an activating group) is 1. The van der Waals surface area contributed by atoms with Gasteiger partial charge < -0.3 is 24.2 Å². The number of hydrogen-bond donors (Lipinski definition) is 1. The first kappa shape index (κ1) is 23.4. The molecular weight excluding hydrogens is 406 g/mol. The quantitative estimate of drug-likeness (QED) is 0.652. The zero-order valence-corrected chi connectivity index (χ0v) is 18.0. The summed E-state index contributed by atoms with van der Waals surface area (Å²) in [6.07, 6.45) is 0. The molecule has 0 aliphatic carbocycles. The lowest BCUT2D eigenvalue weighted by molar-refractivity contribution is -0.0647. The Morgan fingerprint density at radius 2 is 1.90 bits per heavy atom. The number of nitrogens with zero attached hydrogens (tertiary/aromatic N) is 2. The Kier molecular flexibility index (Phi) is 8.20. The number of hydrogen-bond acceptors (Lipinski definition) is 6. The van der Waals surface area contributed by atoms with Crippen LogP contribution in [0.2, 0.25) is 0 Å². The van der Waals surface area contributed by atoms with Crippen LogP contribution in [0.5, 0.6) is 11.5 Å². The molecule has 8 heteroatoms. The number of β-amino-alcohol motifs (C(OH)–C–C–N with tert-alkyl or cyclic N) is 1. The first-order valence-electron chi connectivity index (χ1n) is 10.3. The van der Waals surface area contributed by atoms with Crippen molar-refractivity contribution in [2.24, 2.45) is 0 Å². The van der Waals surface area contributed by atoms with E-state index in [0.717, 1.165) is 30.0 Å². The average molecular weight is 436 g/mol. The van der Waals surface area contributed by atoms with Gasteiger partial charge in [0.2, 0.25) is 0 Å². The highest BCUT2D eigenvalue weighted by Crippen LogP contribution is 2.21. The van der Waals surface area contributed by atoms with E-state index in [2.05, 4.69) is 9.80 Å². The zero-order chi connectivity index (χ0) is 22.3. The Hall–Kier alpha value is -2.26. The summed E-state index contributed by atoms with van der Waals surface area (Å²) < 4.78 is 43.4. The van der Waals surface area contributed by atoms with Crippen molar-refractivity contribution in [3.63, 3.8) is 0 Å². The molecule has 0 radical (unpaired) electrons. The van der Waals surface area contributed by atoms with E-state index in [1.807, 2.05) is 38.4 Å². The largest absolute Gasteiger partial charge is 0.492 e. The van der Waals surface area contributed by atoms with E-state index in [1.165, 1.54) is 6.07 Å². The second kappa shape index (κ2) is 10.9. The molecule has 0 unspecified atom stereocenters. The van der Waals surface area contributed by atoms with Crippen molar-refractivity contribution < 1.29 is 28.1 Å². The van der Waals surface area contributed by atoms with Crippen molar-refractivity contribution in [2.45, 2.75) is 12.1 Å². The molecule has 1 aliphatic heterocycles. The molecule has 0 bridgehead atoms. The van der Waals surface area contributed by atoms with Crippen LogP contribution >= 0.6 is 0 Å². The van der Waals surface area contributed by atoms with E-state index in [-0.39, 0.29) is 19.0 Å². The first-order valence-corrected chi connectivity index (χ1v) is 10.3. The van der Waals surface area contributed by atoms with Crippen molar-refractivity contribution in [3.05, 3.63) is 59.7 Å². The van der Waals surface area contributed by atoms with Crippen LogP contribution in [0.1, 0.15) is 5.56 Å². The minimum absolute atomic E-state index is 0.0950. The summed E-state index contributed by atoms with van der Waals surface area (Å²) >= 11 is 0.